The zero-order chi connectivity index (χ0) is 16.9. The minimum absolute atomic E-state index is 0.0761. The Hall–Kier alpha value is -2.05. The van der Waals surface area contributed by atoms with Crippen LogP contribution in [0.25, 0.3) is 0 Å². The number of pyridine rings is 1. The van der Waals surface area contributed by atoms with E-state index in [0.29, 0.717) is 18.4 Å². The molecule has 122 valence electrons. The summed E-state index contributed by atoms with van der Waals surface area (Å²) in [5, 5.41) is 0. The molecule has 0 fully saturated rings. The summed E-state index contributed by atoms with van der Waals surface area (Å²) >= 11 is 0. The van der Waals surface area contributed by atoms with Crippen molar-refractivity contribution in [2.75, 3.05) is 6.54 Å². The van der Waals surface area contributed by atoms with Crippen molar-refractivity contribution in [3.63, 3.8) is 0 Å². The molecule has 0 unspecified atom stereocenters. The van der Waals surface area contributed by atoms with Crippen molar-refractivity contribution in [3.05, 3.63) is 59.4 Å². The van der Waals surface area contributed by atoms with E-state index in [9.17, 15) is 13.2 Å². The lowest BCUT2D eigenvalue weighted by atomic mass is 10.1. The quantitative estimate of drug-likeness (QED) is 0.790. The number of Topliss-reactive ketones (excluding diaryl/α,β-unsaturated/α-hetero) is 1. The molecular weight excluding hydrogens is 312 g/mol. The summed E-state index contributed by atoms with van der Waals surface area (Å²) in [5.74, 6) is -0.0761. The maximum atomic E-state index is 12.3. The average molecular weight is 332 g/mol. The topological polar surface area (TPSA) is 76.1 Å². The van der Waals surface area contributed by atoms with Gasteiger partial charge >= 0.3 is 0 Å². The van der Waals surface area contributed by atoms with Gasteiger partial charge in [0.2, 0.25) is 10.0 Å². The second kappa shape index (κ2) is 7.48. The zero-order valence-corrected chi connectivity index (χ0v) is 14.1. The molecule has 6 heteroatoms. The Morgan fingerprint density at radius 3 is 2.65 bits per heavy atom. The molecule has 0 spiro atoms. The molecule has 1 N–H and O–H groups in total. The van der Waals surface area contributed by atoms with E-state index in [1.165, 1.54) is 12.1 Å². The number of rotatable bonds is 7. The molecule has 0 aliphatic heterocycles. The number of aromatic nitrogens is 1. The summed E-state index contributed by atoms with van der Waals surface area (Å²) < 4.78 is 27.2. The van der Waals surface area contributed by atoms with E-state index in [1.807, 2.05) is 19.1 Å². The summed E-state index contributed by atoms with van der Waals surface area (Å²) in [6, 6.07) is 9.94. The van der Waals surface area contributed by atoms with Gasteiger partial charge in [-0.3, -0.25) is 9.78 Å². The lowest BCUT2D eigenvalue weighted by Gasteiger charge is -2.08. The molecule has 0 radical (unpaired) electrons. The molecule has 2 rings (SSSR count). The van der Waals surface area contributed by atoms with E-state index in [0.717, 1.165) is 11.3 Å². The van der Waals surface area contributed by atoms with E-state index in [4.69, 9.17) is 0 Å². The molecule has 0 saturated heterocycles. The van der Waals surface area contributed by atoms with Crippen LogP contribution in [0, 0.1) is 6.92 Å². The van der Waals surface area contributed by atoms with Crippen molar-refractivity contribution in [2.24, 2.45) is 0 Å². The van der Waals surface area contributed by atoms with Crippen LogP contribution in [-0.2, 0) is 16.4 Å². The molecule has 23 heavy (non-hydrogen) atoms. The molecule has 0 atom stereocenters. The Morgan fingerprint density at radius 1 is 1.22 bits per heavy atom. The Bertz CT molecular complexity index is 784. The summed E-state index contributed by atoms with van der Waals surface area (Å²) in [7, 11) is -3.63. The first-order chi connectivity index (χ1) is 10.9. The normalized spacial score (nSPS) is 11.4. The van der Waals surface area contributed by atoms with Crippen LogP contribution in [0.15, 0.2) is 47.5 Å². The van der Waals surface area contributed by atoms with Crippen molar-refractivity contribution in [1.29, 1.82) is 0 Å². The van der Waals surface area contributed by atoms with Gasteiger partial charge in [0.15, 0.2) is 5.78 Å². The number of carbonyl (C=O) groups excluding carboxylic acids is 1. The fourth-order valence-corrected chi connectivity index (χ4v) is 3.18. The van der Waals surface area contributed by atoms with Crippen LogP contribution in [-0.4, -0.2) is 25.7 Å². The SMILES string of the molecule is CCC(=O)c1cccc(S(=O)(=O)NCCc2ccc(C)nc2)c1. The second-order valence-electron chi connectivity index (χ2n) is 5.26. The first-order valence-electron chi connectivity index (χ1n) is 7.47. The number of sulfonamides is 1. The van der Waals surface area contributed by atoms with Crippen LogP contribution in [0.2, 0.25) is 0 Å². The summed E-state index contributed by atoms with van der Waals surface area (Å²) in [6.45, 7) is 3.92. The van der Waals surface area contributed by atoms with Crippen molar-refractivity contribution in [1.82, 2.24) is 9.71 Å². The Kier molecular flexibility index (Phi) is 5.63. The van der Waals surface area contributed by atoms with Gasteiger partial charge in [0.05, 0.1) is 4.90 Å². The first-order valence-corrected chi connectivity index (χ1v) is 8.95. The highest BCUT2D eigenvalue weighted by Gasteiger charge is 2.15. The maximum Gasteiger partial charge on any atom is 0.240 e. The third-order valence-corrected chi connectivity index (χ3v) is 4.92. The first kappa shape index (κ1) is 17.3. The minimum Gasteiger partial charge on any atom is -0.294 e. The highest BCUT2D eigenvalue weighted by Crippen LogP contribution is 2.13. The molecule has 1 aromatic heterocycles. The van der Waals surface area contributed by atoms with Crippen molar-refractivity contribution in [3.8, 4) is 0 Å². The van der Waals surface area contributed by atoms with Gasteiger partial charge in [-0.1, -0.05) is 25.1 Å². The fourth-order valence-electron chi connectivity index (χ4n) is 2.10. The van der Waals surface area contributed by atoms with E-state index >= 15 is 0 Å². The molecule has 5 nitrogen and oxygen atoms in total. The molecule has 1 aromatic carbocycles. The molecule has 0 bridgehead atoms. The molecular formula is C17H20N2O3S. The number of hydrogen-bond acceptors (Lipinski definition) is 4. The Morgan fingerprint density at radius 2 is 2.00 bits per heavy atom. The zero-order valence-electron chi connectivity index (χ0n) is 13.2. The third-order valence-electron chi connectivity index (χ3n) is 3.47. The minimum atomic E-state index is -3.63. The molecule has 1 heterocycles. The Balaban J connectivity index is 2.04. The lowest BCUT2D eigenvalue weighted by Crippen LogP contribution is -2.26. The third kappa shape index (κ3) is 4.71. The number of carbonyl (C=O) groups is 1. The van der Waals surface area contributed by atoms with Crippen molar-refractivity contribution >= 4 is 15.8 Å². The monoisotopic (exact) mass is 332 g/mol. The molecule has 0 aliphatic carbocycles. The second-order valence-corrected chi connectivity index (χ2v) is 7.03. The smallest absolute Gasteiger partial charge is 0.240 e. The summed E-state index contributed by atoms with van der Waals surface area (Å²) in [4.78, 5) is 16.0. The highest BCUT2D eigenvalue weighted by molar-refractivity contribution is 7.89. The number of hydrogen-bond donors (Lipinski definition) is 1. The number of aryl methyl sites for hydroxylation is 1. The summed E-state index contributed by atoms with van der Waals surface area (Å²) in [6.07, 6.45) is 2.64. The van der Waals surface area contributed by atoms with E-state index < -0.39 is 10.0 Å². The van der Waals surface area contributed by atoms with E-state index in [-0.39, 0.29) is 17.2 Å². The van der Waals surface area contributed by atoms with Gasteiger partial charge in [-0.15, -0.1) is 0 Å². The van der Waals surface area contributed by atoms with Gasteiger partial charge in [0.25, 0.3) is 0 Å². The number of nitrogens with one attached hydrogen (secondary N) is 1. The predicted molar refractivity (Wildman–Crippen MR) is 88.9 cm³/mol. The summed E-state index contributed by atoms with van der Waals surface area (Å²) in [5.41, 5.74) is 2.30. The van der Waals surface area contributed by atoms with E-state index in [2.05, 4.69) is 9.71 Å². The lowest BCUT2D eigenvalue weighted by molar-refractivity contribution is 0.0988. The highest BCUT2D eigenvalue weighted by atomic mass is 32.2. The van der Waals surface area contributed by atoms with Crippen LogP contribution in [0.3, 0.4) is 0 Å². The Labute approximate surface area is 136 Å². The van der Waals surface area contributed by atoms with Crippen LogP contribution in [0.5, 0.6) is 0 Å². The molecule has 0 amide bonds. The van der Waals surface area contributed by atoms with Crippen LogP contribution >= 0.6 is 0 Å². The average Bonchev–Trinajstić information content (AvgIpc) is 2.56. The molecule has 2 aromatic rings. The van der Waals surface area contributed by atoms with Crippen molar-refractivity contribution in [2.45, 2.75) is 31.6 Å². The van der Waals surface area contributed by atoms with Gasteiger partial charge in [0, 0.05) is 30.4 Å². The number of ketones is 1. The molecule has 0 saturated carbocycles. The number of nitrogens with zero attached hydrogens (tertiary/aromatic N) is 1. The van der Waals surface area contributed by atoms with Crippen LogP contribution < -0.4 is 4.72 Å². The predicted octanol–water partition coefficient (Wildman–Crippen LogP) is 2.50. The molecule has 0 aliphatic rings. The van der Waals surface area contributed by atoms with Gasteiger partial charge in [-0.05, 0) is 37.1 Å². The van der Waals surface area contributed by atoms with Gasteiger partial charge in [-0.2, -0.15) is 0 Å². The maximum absolute atomic E-state index is 12.3. The van der Waals surface area contributed by atoms with Gasteiger partial charge in [0.1, 0.15) is 0 Å². The standard InChI is InChI=1S/C17H20N2O3S/c1-3-17(20)15-5-4-6-16(11-15)23(21,22)19-10-9-14-8-7-13(2)18-12-14/h4-8,11-12,19H,3,9-10H2,1-2H3. The van der Waals surface area contributed by atoms with Crippen LogP contribution in [0.4, 0.5) is 0 Å². The van der Waals surface area contributed by atoms with Crippen molar-refractivity contribution < 1.29 is 13.2 Å². The number of benzene rings is 1. The van der Waals surface area contributed by atoms with Gasteiger partial charge in [-0.25, -0.2) is 13.1 Å². The van der Waals surface area contributed by atoms with E-state index in [1.54, 1.807) is 25.3 Å². The van der Waals surface area contributed by atoms with Crippen LogP contribution in [0.1, 0.15) is 35.0 Å². The van der Waals surface area contributed by atoms with Gasteiger partial charge < -0.3 is 0 Å². The fraction of sp³-hybridized carbons (Fsp3) is 0.294. The largest absolute Gasteiger partial charge is 0.294 e.